The molecule has 0 aliphatic rings. The fourth-order valence-corrected chi connectivity index (χ4v) is 3.43. The average Bonchev–Trinajstić information content (AvgIpc) is 3.04. The van der Waals surface area contributed by atoms with Crippen LogP contribution < -0.4 is 9.64 Å². The fourth-order valence-electron chi connectivity index (χ4n) is 2.51. The minimum atomic E-state index is 0.487. The molecule has 0 atom stereocenters. The number of carbonyl (C=O) groups is 1. The Balaban J connectivity index is 1.64. The molecule has 0 spiro atoms. The zero-order chi connectivity index (χ0) is 17.6. The fraction of sp³-hybridized carbons (Fsp3) is 0.200. The quantitative estimate of drug-likeness (QED) is 0.589. The van der Waals surface area contributed by atoms with Crippen LogP contribution in [0.5, 0.6) is 5.75 Å². The summed E-state index contributed by atoms with van der Waals surface area (Å²) in [6.07, 6.45) is 0.815. The van der Waals surface area contributed by atoms with E-state index in [0.29, 0.717) is 24.5 Å². The van der Waals surface area contributed by atoms with Crippen LogP contribution in [0.25, 0.3) is 11.3 Å². The van der Waals surface area contributed by atoms with Gasteiger partial charge in [0.15, 0.2) is 11.4 Å². The molecule has 1 aromatic heterocycles. The molecule has 5 heteroatoms. The van der Waals surface area contributed by atoms with Crippen molar-refractivity contribution in [3.05, 3.63) is 65.0 Å². The van der Waals surface area contributed by atoms with Gasteiger partial charge in [-0.1, -0.05) is 42.5 Å². The average molecular weight is 352 g/mol. The van der Waals surface area contributed by atoms with Crippen molar-refractivity contribution in [1.29, 1.82) is 0 Å². The number of likely N-dealkylation sites (N-methyl/N-ethyl adjacent to an activating group) is 1. The second kappa shape index (κ2) is 7.94. The predicted molar refractivity (Wildman–Crippen MR) is 103 cm³/mol. The van der Waals surface area contributed by atoms with Crippen molar-refractivity contribution in [2.45, 2.75) is 6.92 Å². The highest BCUT2D eigenvalue weighted by Gasteiger charge is 2.13. The maximum Gasteiger partial charge on any atom is 0.185 e. The molecule has 3 rings (SSSR count). The van der Waals surface area contributed by atoms with Crippen LogP contribution >= 0.6 is 11.3 Å². The molecule has 0 aliphatic heterocycles. The van der Waals surface area contributed by atoms with Crippen molar-refractivity contribution in [2.24, 2.45) is 0 Å². The Morgan fingerprint density at radius 3 is 2.60 bits per heavy atom. The highest BCUT2D eigenvalue weighted by Crippen LogP contribution is 2.31. The molecule has 1 heterocycles. The van der Waals surface area contributed by atoms with E-state index in [-0.39, 0.29) is 0 Å². The molecule has 0 saturated heterocycles. The second-order valence-electron chi connectivity index (χ2n) is 5.69. The van der Waals surface area contributed by atoms with Gasteiger partial charge in [-0.15, -0.1) is 11.3 Å². The number of aryl methyl sites for hydroxylation is 1. The van der Waals surface area contributed by atoms with Gasteiger partial charge in [-0.3, -0.25) is 4.79 Å². The summed E-state index contributed by atoms with van der Waals surface area (Å²) in [4.78, 5) is 19.1. The number of nitrogens with zero attached hydrogens (tertiary/aromatic N) is 2. The predicted octanol–water partition coefficient (Wildman–Crippen LogP) is 4.45. The van der Waals surface area contributed by atoms with Crippen molar-refractivity contribution in [3.8, 4) is 17.0 Å². The number of carbonyl (C=O) groups excluding carboxylic acids is 1. The molecule has 128 valence electrons. The Labute approximate surface area is 151 Å². The van der Waals surface area contributed by atoms with E-state index in [9.17, 15) is 4.79 Å². The topological polar surface area (TPSA) is 42.4 Å². The lowest BCUT2D eigenvalue weighted by molar-refractivity contribution is 0.111. The molecule has 0 amide bonds. The van der Waals surface area contributed by atoms with E-state index in [0.717, 1.165) is 22.7 Å². The highest BCUT2D eigenvalue weighted by atomic mass is 32.1. The largest absolute Gasteiger partial charge is 0.491 e. The highest BCUT2D eigenvalue weighted by molar-refractivity contribution is 7.16. The molecule has 0 fully saturated rings. The number of anilines is 1. The molecule has 0 N–H and O–H groups in total. The van der Waals surface area contributed by atoms with Gasteiger partial charge in [-0.25, -0.2) is 4.98 Å². The molecular weight excluding hydrogens is 332 g/mol. The number of ether oxygens (including phenoxy) is 1. The van der Waals surface area contributed by atoms with Crippen LogP contribution in [-0.2, 0) is 0 Å². The minimum absolute atomic E-state index is 0.487. The van der Waals surface area contributed by atoms with Crippen molar-refractivity contribution >= 4 is 22.8 Å². The van der Waals surface area contributed by atoms with E-state index in [2.05, 4.69) is 24.0 Å². The van der Waals surface area contributed by atoms with Crippen molar-refractivity contribution < 1.29 is 9.53 Å². The maximum absolute atomic E-state index is 11.0. The molecule has 0 bridgehead atoms. The van der Waals surface area contributed by atoms with Gasteiger partial charge in [-0.05, 0) is 19.1 Å². The van der Waals surface area contributed by atoms with Crippen molar-refractivity contribution in [3.63, 3.8) is 0 Å². The number of thiazole rings is 1. The first-order valence-electron chi connectivity index (χ1n) is 8.10. The van der Waals surface area contributed by atoms with Gasteiger partial charge in [0.1, 0.15) is 12.4 Å². The summed E-state index contributed by atoms with van der Waals surface area (Å²) in [5, 5.41) is 0.962. The van der Waals surface area contributed by atoms with E-state index < -0.39 is 0 Å². The first-order chi connectivity index (χ1) is 12.2. The Kier molecular flexibility index (Phi) is 5.46. The zero-order valence-electron chi connectivity index (χ0n) is 14.3. The summed E-state index contributed by atoms with van der Waals surface area (Å²) in [5.41, 5.74) is 2.73. The molecule has 3 aromatic rings. The van der Waals surface area contributed by atoms with Crippen LogP contribution in [0.2, 0.25) is 0 Å². The molecule has 25 heavy (non-hydrogen) atoms. The van der Waals surface area contributed by atoms with Gasteiger partial charge >= 0.3 is 0 Å². The smallest absolute Gasteiger partial charge is 0.185 e. The lowest BCUT2D eigenvalue weighted by Gasteiger charge is -2.16. The first-order valence-corrected chi connectivity index (χ1v) is 8.91. The van der Waals surface area contributed by atoms with Crippen LogP contribution in [0.15, 0.2) is 54.6 Å². The minimum Gasteiger partial charge on any atom is -0.491 e. The zero-order valence-corrected chi connectivity index (χ0v) is 15.1. The van der Waals surface area contributed by atoms with Crippen LogP contribution in [0.3, 0.4) is 0 Å². The number of para-hydroxylation sites is 1. The standard InChI is InChI=1S/C20H20N2O2S/c1-15-19(16-8-4-3-5-9-16)21-20(25-15)22(2)12-13-24-18-11-7-6-10-17(18)14-23/h3-11,14H,12-13H2,1-2H3. The third-order valence-corrected chi connectivity index (χ3v) is 4.97. The molecule has 0 unspecified atom stereocenters. The van der Waals surface area contributed by atoms with E-state index in [1.54, 1.807) is 17.4 Å². The number of hydrogen-bond donors (Lipinski definition) is 0. The van der Waals surface area contributed by atoms with Gasteiger partial charge in [0.25, 0.3) is 0 Å². The van der Waals surface area contributed by atoms with E-state index in [1.165, 1.54) is 4.88 Å². The maximum atomic E-state index is 11.0. The second-order valence-corrected chi connectivity index (χ2v) is 6.87. The Hall–Kier alpha value is -2.66. The lowest BCUT2D eigenvalue weighted by atomic mass is 10.1. The normalized spacial score (nSPS) is 10.5. The molecule has 4 nitrogen and oxygen atoms in total. The van der Waals surface area contributed by atoms with Crippen LogP contribution in [0.1, 0.15) is 15.2 Å². The molecule has 0 radical (unpaired) electrons. The first kappa shape index (κ1) is 17.2. The van der Waals surface area contributed by atoms with E-state index in [1.807, 2.05) is 43.4 Å². The van der Waals surface area contributed by atoms with E-state index >= 15 is 0 Å². The molecule has 2 aromatic carbocycles. The van der Waals surface area contributed by atoms with Crippen molar-refractivity contribution in [2.75, 3.05) is 25.1 Å². The van der Waals surface area contributed by atoms with Gasteiger partial charge in [0.05, 0.1) is 17.8 Å². The van der Waals surface area contributed by atoms with Crippen LogP contribution in [0.4, 0.5) is 5.13 Å². The van der Waals surface area contributed by atoms with Gasteiger partial charge in [-0.2, -0.15) is 0 Å². The Bertz CT molecular complexity index is 846. The SMILES string of the molecule is Cc1sc(N(C)CCOc2ccccc2C=O)nc1-c1ccccc1. The van der Waals surface area contributed by atoms with Crippen molar-refractivity contribution in [1.82, 2.24) is 4.98 Å². The molecule has 0 aliphatic carbocycles. The third kappa shape index (κ3) is 4.06. The number of benzene rings is 2. The number of hydrogen-bond acceptors (Lipinski definition) is 5. The van der Waals surface area contributed by atoms with Crippen LogP contribution in [-0.4, -0.2) is 31.5 Å². The summed E-state index contributed by atoms with van der Waals surface area (Å²) < 4.78 is 5.75. The summed E-state index contributed by atoms with van der Waals surface area (Å²) in [6, 6.07) is 17.5. The Morgan fingerprint density at radius 1 is 1.12 bits per heavy atom. The van der Waals surface area contributed by atoms with Crippen LogP contribution in [0, 0.1) is 6.92 Å². The third-order valence-electron chi connectivity index (χ3n) is 3.89. The number of aldehydes is 1. The Morgan fingerprint density at radius 2 is 1.84 bits per heavy atom. The van der Waals surface area contributed by atoms with Gasteiger partial charge in [0, 0.05) is 17.5 Å². The summed E-state index contributed by atoms with van der Waals surface area (Å²) in [7, 11) is 2.00. The van der Waals surface area contributed by atoms with E-state index in [4.69, 9.17) is 9.72 Å². The molecular formula is C20H20N2O2S. The lowest BCUT2D eigenvalue weighted by Crippen LogP contribution is -2.23. The summed E-state index contributed by atoms with van der Waals surface area (Å²) >= 11 is 1.67. The summed E-state index contributed by atoms with van der Waals surface area (Å²) in [6.45, 7) is 3.27. The van der Waals surface area contributed by atoms with Gasteiger partial charge < -0.3 is 9.64 Å². The monoisotopic (exact) mass is 352 g/mol. The number of rotatable bonds is 7. The molecule has 0 saturated carbocycles. The van der Waals surface area contributed by atoms with Gasteiger partial charge in [0.2, 0.25) is 0 Å². The summed E-state index contributed by atoms with van der Waals surface area (Å²) in [5.74, 6) is 0.617. The number of aromatic nitrogens is 1.